The molecule has 0 bridgehead atoms. The molecule has 0 N–H and O–H groups in total. The molecule has 6 nitrogen and oxygen atoms in total. The molecular weight excluding hydrogens is 673 g/mol. The number of ketones is 1. The fourth-order valence-corrected chi connectivity index (χ4v) is 8.27. The Bertz CT molecular complexity index is 1930. The summed E-state index contributed by atoms with van der Waals surface area (Å²) >= 11 is 0. The smallest absolute Gasteiger partial charge is 0.306 e. The van der Waals surface area contributed by atoms with Gasteiger partial charge >= 0.3 is 5.97 Å². The third-order valence-electron chi connectivity index (χ3n) is 10.8. The number of benzene rings is 6. The summed E-state index contributed by atoms with van der Waals surface area (Å²) in [6.07, 6.45) is -1.28. The van der Waals surface area contributed by atoms with Gasteiger partial charge in [-0.1, -0.05) is 182 Å². The van der Waals surface area contributed by atoms with E-state index in [0.717, 1.165) is 33.4 Å². The number of cyclic esters (lactones) is 1. The van der Waals surface area contributed by atoms with Crippen LogP contribution in [-0.4, -0.2) is 43.8 Å². The minimum Gasteiger partial charge on any atom is -0.461 e. The van der Waals surface area contributed by atoms with E-state index < -0.39 is 35.2 Å². The van der Waals surface area contributed by atoms with Crippen LogP contribution in [0.2, 0.25) is 0 Å². The Balaban J connectivity index is 1.12. The van der Waals surface area contributed by atoms with Gasteiger partial charge in [0.15, 0.2) is 5.78 Å². The summed E-state index contributed by atoms with van der Waals surface area (Å²) in [6, 6.07) is 60.7. The van der Waals surface area contributed by atoms with Crippen LogP contribution in [0.5, 0.6) is 0 Å². The van der Waals surface area contributed by atoms with Crippen molar-refractivity contribution in [2.24, 2.45) is 11.8 Å². The maximum Gasteiger partial charge on any atom is 0.306 e. The van der Waals surface area contributed by atoms with E-state index in [2.05, 4.69) is 72.8 Å². The van der Waals surface area contributed by atoms with Gasteiger partial charge in [0.05, 0.1) is 31.7 Å². The number of hydrogen-bond donors (Lipinski definition) is 0. The number of rotatable bonds is 13. The van der Waals surface area contributed by atoms with E-state index in [1.807, 2.05) is 109 Å². The van der Waals surface area contributed by atoms with E-state index >= 15 is 0 Å². The molecule has 6 aromatic rings. The Hall–Kier alpha value is -5.66. The van der Waals surface area contributed by atoms with Crippen LogP contribution in [0.4, 0.5) is 0 Å². The average molecular weight is 715 g/mol. The van der Waals surface area contributed by atoms with Gasteiger partial charge < -0.3 is 18.9 Å². The summed E-state index contributed by atoms with van der Waals surface area (Å²) < 4.78 is 26.5. The van der Waals surface area contributed by atoms with Gasteiger partial charge in [-0.15, -0.1) is 0 Å². The molecule has 2 aliphatic rings. The van der Waals surface area contributed by atoms with E-state index in [-0.39, 0.29) is 38.0 Å². The zero-order chi connectivity index (χ0) is 36.8. The monoisotopic (exact) mass is 714 g/mol. The van der Waals surface area contributed by atoms with Crippen LogP contribution in [0.3, 0.4) is 0 Å². The van der Waals surface area contributed by atoms with Gasteiger partial charge in [-0.2, -0.15) is 0 Å². The summed E-state index contributed by atoms with van der Waals surface area (Å²) in [6.45, 7) is 0.157. The molecule has 2 aliphatic heterocycles. The zero-order valence-corrected chi connectivity index (χ0v) is 29.9. The number of carbonyl (C=O) groups is 2. The lowest BCUT2D eigenvalue weighted by atomic mass is 9.79. The summed E-state index contributed by atoms with van der Waals surface area (Å²) in [5.74, 6) is -1.61. The van der Waals surface area contributed by atoms with Crippen molar-refractivity contribution in [1.82, 2.24) is 0 Å². The summed E-state index contributed by atoms with van der Waals surface area (Å²) in [5.41, 5.74) is 3.71. The van der Waals surface area contributed by atoms with Crippen LogP contribution in [0.1, 0.15) is 39.8 Å². The molecule has 2 heterocycles. The molecule has 4 atom stereocenters. The lowest BCUT2D eigenvalue weighted by molar-refractivity contribution is -0.147. The highest BCUT2D eigenvalue weighted by Crippen LogP contribution is 2.44. The van der Waals surface area contributed by atoms with E-state index in [9.17, 15) is 9.59 Å². The predicted octanol–water partition coefficient (Wildman–Crippen LogP) is 8.52. The van der Waals surface area contributed by atoms with Crippen molar-refractivity contribution in [2.75, 3.05) is 19.8 Å². The first-order valence-corrected chi connectivity index (χ1v) is 18.5. The standard InChI is InChI=1S/C48H42O6/c49-42-33-51-43(34-53-48(39-25-13-4-14-26-39,40-27-15-5-16-28-40)41-29-17-6-18-30-41)45(42)46-35(31-44(50)54-46)32-52-47(36-19-7-1-8-20-36,37-21-9-2-10-22-37)38-23-11-3-12-24-38/h1-30,35,43,45-46H,31-34H2. The van der Waals surface area contributed by atoms with Crippen molar-refractivity contribution < 1.29 is 28.5 Å². The van der Waals surface area contributed by atoms with Crippen molar-refractivity contribution in [3.63, 3.8) is 0 Å². The topological polar surface area (TPSA) is 71.1 Å². The highest BCUT2D eigenvalue weighted by atomic mass is 16.6. The van der Waals surface area contributed by atoms with Crippen molar-refractivity contribution in [1.29, 1.82) is 0 Å². The molecule has 0 aliphatic carbocycles. The number of carbonyl (C=O) groups excluding carboxylic acids is 2. The fraction of sp³-hybridized carbons (Fsp3) is 0.208. The van der Waals surface area contributed by atoms with Crippen molar-refractivity contribution in [2.45, 2.75) is 29.8 Å². The molecule has 0 aromatic heterocycles. The first-order valence-electron chi connectivity index (χ1n) is 18.5. The van der Waals surface area contributed by atoms with Crippen LogP contribution < -0.4 is 0 Å². The van der Waals surface area contributed by atoms with Crippen molar-refractivity contribution in [3.05, 3.63) is 215 Å². The molecule has 2 fully saturated rings. The largest absolute Gasteiger partial charge is 0.461 e. The Labute approximate surface area is 316 Å². The number of ether oxygens (including phenoxy) is 4. The van der Waals surface area contributed by atoms with E-state index in [0.29, 0.717) is 0 Å². The third kappa shape index (κ3) is 6.69. The Kier molecular flexibility index (Phi) is 10.3. The minimum atomic E-state index is -1.00. The summed E-state index contributed by atoms with van der Waals surface area (Å²) in [4.78, 5) is 27.0. The summed E-state index contributed by atoms with van der Waals surface area (Å²) in [5, 5.41) is 0. The molecule has 0 amide bonds. The van der Waals surface area contributed by atoms with Crippen LogP contribution in [0.25, 0.3) is 0 Å². The van der Waals surface area contributed by atoms with E-state index in [4.69, 9.17) is 18.9 Å². The van der Waals surface area contributed by atoms with E-state index in [1.165, 1.54) is 0 Å². The molecule has 2 saturated heterocycles. The molecule has 0 saturated carbocycles. The van der Waals surface area contributed by atoms with Gasteiger partial charge in [-0.25, -0.2) is 0 Å². The molecule has 8 rings (SSSR count). The van der Waals surface area contributed by atoms with Gasteiger partial charge in [0.1, 0.15) is 23.9 Å². The van der Waals surface area contributed by atoms with Gasteiger partial charge in [-0.05, 0) is 33.4 Å². The number of esters is 1. The quantitative estimate of drug-likeness (QED) is 0.0883. The average Bonchev–Trinajstić information content (AvgIpc) is 3.80. The van der Waals surface area contributed by atoms with E-state index in [1.54, 1.807) is 0 Å². The molecule has 54 heavy (non-hydrogen) atoms. The van der Waals surface area contributed by atoms with Gasteiger partial charge in [-0.3, -0.25) is 9.59 Å². The minimum absolute atomic E-state index is 0.0820. The Morgan fingerprint density at radius 3 is 1.17 bits per heavy atom. The first-order chi connectivity index (χ1) is 26.6. The second-order valence-electron chi connectivity index (χ2n) is 13.9. The number of hydrogen-bond acceptors (Lipinski definition) is 6. The third-order valence-corrected chi connectivity index (χ3v) is 10.8. The zero-order valence-electron chi connectivity index (χ0n) is 29.9. The maximum atomic E-state index is 13.8. The van der Waals surface area contributed by atoms with Crippen molar-refractivity contribution >= 4 is 11.8 Å². The Morgan fingerprint density at radius 2 is 0.815 bits per heavy atom. The van der Waals surface area contributed by atoms with Gasteiger partial charge in [0.2, 0.25) is 0 Å². The fourth-order valence-electron chi connectivity index (χ4n) is 8.27. The van der Waals surface area contributed by atoms with Crippen LogP contribution in [0, 0.1) is 11.8 Å². The SMILES string of the molecule is O=C1CC(COC(c2ccccc2)(c2ccccc2)c2ccccc2)C(C2C(=O)COC2COC(c2ccccc2)(c2ccccc2)c2ccccc2)O1. The molecule has 4 unspecified atom stereocenters. The predicted molar refractivity (Wildman–Crippen MR) is 207 cm³/mol. The molecule has 0 spiro atoms. The lowest BCUT2D eigenvalue weighted by Gasteiger charge is -2.38. The second kappa shape index (κ2) is 15.7. The van der Waals surface area contributed by atoms with Crippen LogP contribution in [0.15, 0.2) is 182 Å². The second-order valence-corrected chi connectivity index (χ2v) is 13.9. The van der Waals surface area contributed by atoms with Gasteiger partial charge in [0.25, 0.3) is 0 Å². The Morgan fingerprint density at radius 1 is 0.481 bits per heavy atom. The molecule has 6 heteroatoms. The van der Waals surface area contributed by atoms with Crippen LogP contribution in [-0.2, 0) is 39.7 Å². The highest BCUT2D eigenvalue weighted by Gasteiger charge is 2.52. The van der Waals surface area contributed by atoms with Crippen LogP contribution >= 0.6 is 0 Å². The maximum absolute atomic E-state index is 13.8. The number of Topliss-reactive ketones (excluding diaryl/α,β-unsaturated/α-hetero) is 1. The van der Waals surface area contributed by atoms with Gasteiger partial charge in [0, 0.05) is 5.92 Å². The van der Waals surface area contributed by atoms with Crippen molar-refractivity contribution in [3.8, 4) is 0 Å². The summed E-state index contributed by atoms with van der Waals surface area (Å²) in [7, 11) is 0. The lowest BCUT2D eigenvalue weighted by Crippen LogP contribution is -2.43. The first kappa shape index (κ1) is 35.4. The molecule has 0 radical (unpaired) electrons. The molecule has 6 aromatic carbocycles. The highest BCUT2D eigenvalue weighted by molar-refractivity contribution is 5.86. The molecular formula is C48H42O6. The molecule has 270 valence electrons. The normalized spacial score (nSPS) is 20.1.